The molecule has 10 heteroatoms. The summed E-state index contributed by atoms with van der Waals surface area (Å²) in [5.41, 5.74) is 3.43. The number of rotatable bonds is 8. The van der Waals surface area contributed by atoms with Crippen molar-refractivity contribution in [3.63, 3.8) is 0 Å². The quantitative estimate of drug-likeness (QED) is 0.342. The summed E-state index contributed by atoms with van der Waals surface area (Å²) in [6, 6.07) is 11.7. The third kappa shape index (κ3) is 6.21. The van der Waals surface area contributed by atoms with Gasteiger partial charge in [-0.15, -0.1) is 11.3 Å². The third-order valence-corrected chi connectivity index (χ3v) is 10.3. The van der Waals surface area contributed by atoms with Crippen molar-refractivity contribution < 1.29 is 24.6 Å². The van der Waals surface area contributed by atoms with Crippen LogP contribution in [0.3, 0.4) is 0 Å². The molecule has 2 saturated heterocycles. The maximum absolute atomic E-state index is 14.2. The van der Waals surface area contributed by atoms with Crippen LogP contribution in [0.15, 0.2) is 48.0 Å². The Hall–Kier alpha value is -3.63. The second-order valence-corrected chi connectivity index (χ2v) is 12.9. The van der Waals surface area contributed by atoms with Crippen molar-refractivity contribution in [3.8, 4) is 22.4 Å². The minimum absolute atomic E-state index is 0.00515. The first-order chi connectivity index (χ1) is 20.9. The number of thiazole rings is 1. The fourth-order valence-corrected chi connectivity index (χ4v) is 8.06. The lowest BCUT2D eigenvalue weighted by Crippen LogP contribution is -2.46. The number of aliphatic hydroxyl groups is 1. The lowest BCUT2D eigenvalue weighted by molar-refractivity contribution is -0.142. The molecule has 1 saturated carbocycles. The number of hydrogen-bond donors (Lipinski definition) is 2. The van der Waals surface area contributed by atoms with Gasteiger partial charge in [0.1, 0.15) is 5.82 Å². The number of amides is 2. The molecule has 3 atom stereocenters. The number of pyridine rings is 1. The highest BCUT2D eigenvalue weighted by atomic mass is 32.1. The molecule has 0 unspecified atom stereocenters. The second kappa shape index (κ2) is 12.9. The molecule has 43 heavy (non-hydrogen) atoms. The van der Waals surface area contributed by atoms with Gasteiger partial charge in [-0.3, -0.25) is 24.2 Å². The molecule has 2 aromatic heterocycles. The van der Waals surface area contributed by atoms with Gasteiger partial charge >= 0.3 is 5.97 Å². The minimum Gasteiger partial charge on any atom is -0.481 e. The Labute approximate surface area is 255 Å². The number of aliphatic carboxylic acids is 1. The van der Waals surface area contributed by atoms with Crippen LogP contribution in [0.25, 0.3) is 22.4 Å². The Morgan fingerprint density at radius 3 is 2.44 bits per heavy atom. The predicted molar refractivity (Wildman–Crippen MR) is 166 cm³/mol. The van der Waals surface area contributed by atoms with Crippen LogP contribution in [0.2, 0.25) is 0 Å². The van der Waals surface area contributed by atoms with Crippen LogP contribution in [0.1, 0.15) is 57.8 Å². The van der Waals surface area contributed by atoms with E-state index in [0.29, 0.717) is 42.1 Å². The molecule has 226 valence electrons. The van der Waals surface area contributed by atoms with Gasteiger partial charge in [-0.2, -0.15) is 0 Å². The summed E-state index contributed by atoms with van der Waals surface area (Å²) in [5, 5.41) is 22.4. The van der Waals surface area contributed by atoms with E-state index >= 15 is 0 Å². The van der Waals surface area contributed by atoms with E-state index in [1.165, 1.54) is 11.3 Å². The largest absolute Gasteiger partial charge is 0.481 e. The van der Waals surface area contributed by atoms with Gasteiger partial charge in [0.25, 0.3) is 0 Å². The van der Waals surface area contributed by atoms with Crippen molar-refractivity contribution in [2.45, 2.75) is 57.8 Å². The van der Waals surface area contributed by atoms with E-state index < -0.39 is 11.9 Å². The average molecular weight is 603 g/mol. The summed E-state index contributed by atoms with van der Waals surface area (Å²) in [4.78, 5) is 51.2. The maximum Gasteiger partial charge on any atom is 0.304 e. The van der Waals surface area contributed by atoms with Crippen molar-refractivity contribution >= 4 is 40.1 Å². The summed E-state index contributed by atoms with van der Waals surface area (Å²) in [6.45, 7) is 0.973. The molecule has 3 aliphatic rings. The smallest absolute Gasteiger partial charge is 0.304 e. The van der Waals surface area contributed by atoms with Crippen LogP contribution >= 0.6 is 11.3 Å². The van der Waals surface area contributed by atoms with Crippen molar-refractivity contribution in [3.05, 3.63) is 48.0 Å². The maximum atomic E-state index is 14.2. The molecule has 3 fully saturated rings. The zero-order valence-corrected chi connectivity index (χ0v) is 25.0. The van der Waals surface area contributed by atoms with Gasteiger partial charge in [-0.05, 0) is 48.8 Å². The van der Waals surface area contributed by atoms with Crippen LogP contribution in [0, 0.1) is 23.7 Å². The van der Waals surface area contributed by atoms with Gasteiger partial charge in [0.05, 0.1) is 18.0 Å². The highest BCUT2D eigenvalue weighted by molar-refractivity contribution is 7.14. The highest BCUT2D eigenvalue weighted by Crippen LogP contribution is 2.43. The van der Waals surface area contributed by atoms with Crippen molar-refractivity contribution in [2.75, 3.05) is 29.5 Å². The third-order valence-electron chi connectivity index (χ3n) is 9.44. The monoisotopic (exact) mass is 602 g/mol. The predicted octanol–water partition coefficient (Wildman–Crippen LogP) is 5.63. The highest BCUT2D eigenvalue weighted by Gasteiger charge is 2.42. The van der Waals surface area contributed by atoms with Gasteiger partial charge in [0, 0.05) is 54.7 Å². The number of aromatic nitrogens is 2. The molecule has 3 aromatic rings. The fraction of sp³-hybridized carbons (Fsp3) is 0.485. The van der Waals surface area contributed by atoms with Gasteiger partial charge in [0.15, 0.2) is 5.13 Å². The number of carbonyl (C=O) groups is 3. The Kier molecular flexibility index (Phi) is 8.85. The number of carboxylic acids is 1. The zero-order chi connectivity index (χ0) is 29.9. The van der Waals surface area contributed by atoms with E-state index in [9.17, 15) is 24.6 Å². The van der Waals surface area contributed by atoms with Crippen LogP contribution in [0.4, 0.5) is 10.9 Å². The molecule has 1 aliphatic carbocycles. The average Bonchev–Trinajstić information content (AvgIpc) is 3.80. The van der Waals surface area contributed by atoms with E-state index in [4.69, 9.17) is 4.98 Å². The van der Waals surface area contributed by atoms with E-state index in [2.05, 4.69) is 4.98 Å². The van der Waals surface area contributed by atoms with E-state index in [-0.39, 0.29) is 36.7 Å². The number of anilines is 2. The molecule has 1 aromatic carbocycles. The van der Waals surface area contributed by atoms with Crippen LogP contribution in [0.5, 0.6) is 0 Å². The lowest BCUT2D eigenvalue weighted by Gasteiger charge is -2.38. The Balaban J connectivity index is 1.31. The Morgan fingerprint density at radius 1 is 0.977 bits per heavy atom. The van der Waals surface area contributed by atoms with Gasteiger partial charge in [-0.1, -0.05) is 49.9 Å². The van der Waals surface area contributed by atoms with E-state index in [1.807, 2.05) is 41.8 Å². The molecule has 6 rings (SSSR count). The van der Waals surface area contributed by atoms with E-state index in [0.717, 1.165) is 61.6 Å². The minimum atomic E-state index is -0.956. The normalized spacial score (nSPS) is 23.5. The number of nitrogens with zero attached hydrogens (tertiary/aromatic N) is 4. The van der Waals surface area contributed by atoms with E-state index in [1.54, 1.807) is 16.0 Å². The molecule has 2 amide bonds. The molecule has 2 N–H and O–H groups in total. The summed E-state index contributed by atoms with van der Waals surface area (Å²) >= 11 is 1.37. The molecule has 0 bridgehead atoms. The van der Waals surface area contributed by atoms with Crippen molar-refractivity contribution in [1.82, 2.24) is 9.97 Å². The first kappa shape index (κ1) is 29.4. The fourth-order valence-electron chi connectivity index (χ4n) is 7.22. The molecular formula is C33H38N4O5S. The van der Waals surface area contributed by atoms with Crippen molar-refractivity contribution in [1.29, 1.82) is 0 Å². The van der Waals surface area contributed by atoms with Crippen LogP contribution in [-0.4, -0.2) is 57.7 Å². The van der Waals surface area contributed by atoms with Crippen LogP contribution < -0.4 is 9.80 Å². The molecule has 0 radical (unpaired) electrons. The number of carbonyl (C=O) groups excluding carboxylic acids is 2. The van der Waals surface area contributed by atoms with Gasteiger partial charge in [-0.25, -0.2) is 9.97 Å². The first-order valence-electron chi connectivity index (χ1n) is 15.4. The topological polar surface area (TPSA) is 124 Å². The number of aliphatic hydroxyl groups excluding tert-OH is 1. The number of benzene rings is 1. The van der Waals surface area contributed by atoms with Gasteiger partial charge < -0.3 is 10.2 Å². The Morgan fingerprint density at radius 2 is 1.77 bits per heavy atom. The number of hydrogen-bond acceptors (Lipinski definition) is 7. The molecule has 0 spiro atoms. The second-order valence-electron chi connectivity index (χ2n) is 12.1. The molecular weight excluding hydrogens is 564 g/mol. The van der Waals surface area contributed by atoms with Crippen LogP contribution in [-0.2, 0) is 14.4 Å². The molecule has 4 heterocycles. The molecule has 9 nitrogen and oxygen atoms in total. The number of carboxylic acid groups (broad SMARTS) is 1. The molecule has 2 aliphatic heterocycles. The summed E-state index contributed by atoms with van der Waals surface area (Å²) in [5.74, 6) is -0.758. The summed E-state index contributed by atoms with van der Waals surface area (Å²) in [6.07, 6.45) is 8.79. The Bertz CT molecular complexity index is 1470. The first-order valence-corrected chi connectivity index (χ1v) is 16.3. The zero-order valence-electron chi connectivity index (χ0n) is 24.2. The summed E-state index contributed by atoms with van der Waals surface area (Å²) in [7, 11) is 0. The SMILES string of the molecule is O=C(O)C[C@@H]1C(=O)N(c2nc(-c3ccccc3-c3ccc(N4CCCC4=O)nc3)cs2)C[C@@H](CO)CC[C@@H]1C1CCCC1. The lowest BCUT2D eigenvalue weighted by atomic mass is 9.73. The standard InChI is InChI=1S/C33H38N4O5S/c38-19-21-11-13-25(22-6-1-2-7-22)27(16-31(40)41)32(42)37(18-21)33-35-28(20-43-33)26-9-4-3-8-24(26)23-12-14-29(34-17-23)36-15-5-10-30(36)39/h3-4,8-9,12,14,17,20-22,25,27,38H,1-2,5-7,10-11,13,15-16,18-19H2,(H,40,41)/t21-,25+,27-/m0/s1. The van der Waals surface area contributed by atoms with Crippen molar-refractivity contribution in [2.24, 2.45) is 23.7 Å². The summed E-state index contributed by atoms with van der Waals surface area (Å²) < 4.78 is 0. The van der Waals surface area contributed by atoms with Gasteiger partial charge in [0.2, 0.25) is 11.8 Å².